The van der Waals surface area contributed by atoms with Crippen LogP contribution >= 0.6 is 27.5 Å². The first kappa shape index (κ1) is 21.7. The lowest BCUT2D eigenvalue weighted by atomic mass is 10.1. The predicted molar refractivity (Wildman–Crippen MR) is 120 cm³/mol. The summed E-state index contributed by atoms with van der Waals surface area (Å²) in [4.78, 5) is 5.32. The first-order chi connectivity index (χ1) is 14.6. The van der Waals surface area contributed by atoms with Crippen LogP contribution in [-0.2, 0) is 18.1 Å². The Morgan fingerprint density at radius 1 is 1.10 bits per heavy atom. The molecule has 3 rings (SSSR count). The highest BCUT2D eigenvalue weighted by Crippen LogP contribution is 2.36. The van der Waals surface area contributed by atoms with Gasteiger partial charge < -0.3 is 14.3 Å². The van der Waals surface area contributed by atoms with Crippen molar-refractivity contribution >= 4 is 33.7 Å². The Morgan fingerprint density at radius 2 is 1.87 bits per heavy atom. The van der Waals surface area contributed by atoms with Crippen LogP contribution in [0.25, 0.3) is 0 Å². The minimum atomic E-state index is 0.194. The van der Waals surface area contributed by atoms with Crippen LogP contribution in [0.5, 0.6) is 11.5 Å². The fraction of sp³-hybridized carbons (Fsp3) is 0.130. The zero-order valence-corrected chi connectivity index (χ0v) is 18.5. The van der Waals surface area contributed by atoms with E-state index in [9.17, 15) is 0 Å². The molecule has 0 fully saturated rings. The van der Waals surface area contributed by atoms with Gasteiger partial charge in [0, 0.05) is 15.6 Å². The van der Waals surface area contributed by atoms with Crippen LogP contribution in [0.1, 0.15) is 22.3 Å². The fourth-order valence-corrected chi connectivity index (χ4v) is 3.19. The van der Waals surface area contributed by atoms with Crippen molar-refractivity contribution in [1.82, 2.24) is 0 Å². The lowest BCUT2D eigenvalue weighted by Crippen LogP contribution is -1.99. The second-order valence-corrected chi connectivity index (χ2v) is 7.55. The maximum absolute atomic E-state index is 9.11. The van der Waals surface area contributed by atoms with Gasteiger partial charge in [0.15, 0.2) is 11.5 Å². The second kappa shape index (κ2) is 10.7. The van der Waals surface area contributed by atoms with Gasteiger partial charge in [-0.3, -0.25) is 0 Å². The average Bonchev–Trinajstić information content (AvgIpc) is 2.77. The number of nitriles is 1. The summed E-state index contributed by atoms with van der Waals surface area (Å²) < 4.78 is 12.3. The lowest BCUT2D eigenvalue weighted by Gasteiger charge is -2.13. The van der Waals surface area contributed by atoms with Gasteiger partial charge in [0.2, 0.25) is 0 Å². The summed E-state index contributed by atoms with van der Waals surface area (Å²) in [6.07, 6.45) is 1.53. The van der Waals surface area contributed by atoms with E-state index < -0.39 is 0 Å². The van der Waals surface area contributed by atoms with Gasteiger partial charge in [-0.25, -0.2) is 0 Å². The molecule has 0 N–H and O–H groups in total. The molecule has 30 heavy (non-hydrogen) atoms. The highest BCUT2D eigenvalue weighted by Gasteiger charge is 2.12. The Hall–Kier alpha value is -3.01. The molecule has 0 aromatic heterocycles. The Labute approximate surface area is 188 Å². The number of rotatable bonds is 8. The monoisotopic (exact) mass is 484 g/mol. The minimum absolute atomic E-state index is 0.194. The van der Waals surface area contributed by atoms with Crippen molar-refractivity contribution in [3.05, 3.63) is 92.4 Å². The van der Waals surface area contributed by atoms with Gasteiger partial charge in [0.1, 0.15) is 13.2 Å². The smallest absolute Gasteiger partial charge is 0.180 e. The summed E-state index contributed by atoms with van der Waals surface area (Å²) in [5.41, 5.74) is 3.03. The number of methoxy groups -OCH3 is 1. The molecule has 0 saturated carbocycles. The third kappa shape index (κ3) is 5.76. The number of nitrogens with zero attached hydrogens (tertiary/aromatic N) is 2. The largest absolute Gasteiger partial charge is 0.493 e. The molecular weight excluding hydrogens is 468 g/mol. The van der Waals surface area contributed by atoms with Crippen LogP contribution in [0.3, 0.4) is 0 Å². The van der Waals surface area contributed by atoms with Crippen molar-refractivity contribution in [2.75, 3.05) is 7.11 Å². The third-order valence-corrected chi connectivity index (χ3v) is 4.99. The lowest BCUT2D eigenvalue weighted by molar-refractivity contribution is 0.132. The summed E-state index contributed by atoms with van der Waals surface area (Å²) in [6.45, 7) is 0.553. The van der Waals surface area contributed by atoms with Crippen LogP contribution in [0, 0.1) is 11.3 Å². The van der Waals surface area contributed by atoms with E-state index in [1.807, 2.05) is 36.4 Å². The Bertz CT molecular complexity index is 1080. The standard InChI is InChI=1S/C23H18BrClN2O3/c1-28-22-11-17(13-27-30-15-19-5-3-2-4-18(19)12-26)10-21(25)23(22)29-14-16-6-8-20(24)9-7-16/h2-11,13H,14-15H2,1H3/b27-13-. The molecule has 0 radical (unpaired) electrons. The van der Waals surface area contributed by atoms with Gasteiger partial charge in [0.25, 0.3) is 0 Å². The van der Waals surface area contributed by atoms with Crippen molar-refractivity contribution in [2.24, 2.45) is 5.16 Å². The maximum Gasteiger partial charge on any atom is 0.180 e. The van der Waals surface area contributed by atoms with E-state index in [0.29, 0.717) is 34.3 Å². The summed E-state index contributed by atoms with van der Waals surface area (Å²) in [6, 6.07) is 20.7. The molecule has 0 aliphatic carbocycles. The maximum atomic E-state index is 9.11. The molecule has 0 spiro atoms. The average molecular weight is 486 g/mol. The third-order valence-electron chi connectivity index (χ3n) is 4.18. The molecule has 7 heteroatoms. The fourth-order valence-electron chi connectivity index (χ4n) is 2.65. The van der Waals surface area contributed by atoms with Gasteiger partial charge in [-0.1, -0.05) is 63.0 Å². The van der Waals surface area contributed by atoms with Crippen LogP contribution in [-0.4, -0.2) is 13.3 Å². The van der Waals surface area contributed by atoms with Crippen LogP contribution in [0.4, 0.5) is 0 Å². The SMILES string of the molecule is COc1cc(/C=N\OCc2ccccc2C#N)cc(Cl)c1OCc1ccc(Br)cc1. The number of hydrogen-bond donors (Lipinski definition) is 0. The normalized spacial score (nSPS) is 10.6. The van der Waals surface area contributed by atoms with E-state index in [0.717, 1.165) is 15.6 Å². The number of halogens is 2. The van der Waals surface area contributed by atoms with Gasteiger partial charge in [-0.05, 0) is 35.9 Å². The zero-order valence-electron chi connectivity index (χ0n) is 16.1. The van der Waals surface area contributed by atoms with Crippen LogP contribution in [0.2, 0.25) is 5.02 Å². The molecule has 3 aromatic carbocycles. The Balaban J connectivity index is 1.66. The molecule has 0 atom stereocenters. The van der Waals surface area contributed by atoms with E-state index in [2.05, 4.69) is 27.2 Å². The zero-order chi connectivity index (χ0) is 21.3. The summed E-state index contributed by atoms with van der Waals surface area (Å²) in [7, 11) is 1.55. The first-order valence-corrected chi connectivity index (χ1v) is 10.2. The molecular formula is C23H18BrClN2O3. The Morgan fingerprint density at radius 3 is 2.60 bits per heavy atom. The van der Waals surface area contributed by atoms with E-state index >= 15 is 0 Å². The van der Waals surface area contributed by atoms with Gasteiger partial charge >= 0.3 is 0 Å². The molecule has 3 aromatic rings. The second-order valence-electron chi connectivity index (χ2n) is 6.23. The molecule has 0 aliphatic rings. The molecule has 0 heterocycles. The molecule has 0 bridgehead atoms. The van der Waals surface area contributed by atoms with Crippen molar-refractivity contribution in [1.29, 1.82) is 5.26 Å². The summed E-state index contributed by atoms with van der Waals surface area (Å²) >= 11 is 9.81. The van der Waals surface area contributed by atoms with Crippen LogP contribution in [0.15, 0.2) is 70.3 Å². The molecule has 0 aliphatic heterocycles. The number of ether oxygens (including phenoxy) is 2. The summed E-state index contributed by atoms with van der Waals surface area (Å²) in [5, 5.41) is 13.5. The van der Waals surface area contributed by atoms with E-state index in [1.165, 1.54) is 6.21 Å². The Kier molecular flexibility index (Phi) is 7.72. The van der Waals surface area contributed by atoms with E-state index in [-0.39, 0.29) is 6.61 Å². The quantitative estimate of drug-likeness (QED) is 0.285. The molecule has 152 valence electrons. The first-order valence-electron chi connectivity index (χ1n) is 8.99. The van der Waals surface area contributed by atoms with E-state index in [1.54, 1.807) is 31.4 Å². The topological polar surface area (TPSA) is 63.8 Å². The predicted octanol–water partition coefficient (Wildman–Crippen LogP) is 6.11. The van der Waals surface area contributed by atoms with Gasteiger partial charge in [0.05, 0.1) is 30.0 Å². The van der Waals surface area contributed by atoms with Crippen molar-refractivity contribution in [3.8, 4) is 17.6 Å². The number of oxime groups is 1. The highest BCUT2D eigenvalue weighted by molar-refractivity contribution is 9.10. The number of hydrogen-bond acceptors (Lipinski definition) is 5. The number of benzene rings is 3. The van der Waals surface area contributed by atoms with Crippen LogP contribution < -0.4 is 9.47 Å². The molecule has 0 unspecified atom stereocenters. The summed E-state index contributed by atoms with van der Waals surface area (Å²) in [5.74, 6) is 0.957. The van der Waals surface area contributed by atoms with Gasteiger partial charge in [-0.15, -0.1) is 0 Å². The van der Waals surface area contributed by atoms with E-state index in [4.69, 9.17) is 31.2 Å². The minimum Gasteiger partial charge on any atom is -0.493 e. The van der Waals surface area contributed by atoms with Crippen molar-refractivity contribution in [3.63, 3.8) is 0 Å². The highest BCUT2D eigenvalue weighted by atomic mass is 79.9. The molecule has 0 amide bonds. The van der Waals surface area contributed by atoms with Crippen molar-refractivity contribution in [2.45, 2.75) is 13.2 Å². The van der Waals surface area contributed by atoms with Gasteiger partial charge in [-0.2, -0.15) is 5.26 Å². The van der Waals surface area contributed by atoms with Crippen molar-refractivity contribution < 1.29 is 14.3 Å². The molecule has 0 saturated heterocycles. The molecule has 5 nitrogen and oxygen atoms in total.